The first-order valence-electron chi connectivity index (χ1n) is 8.45. The minimum atomic E-state index is 0.678. The zero-order valence-electron chi connectivity index (χ0n) is 14.0. The van der Waals surface area contributed by atoms with E-state index in [4.69, 9.17) is 21.6 Å². The van der Waals surface area contributed by atoms with Crippen molar-refractivity contribution in [2.75, 3.05) is 36.4 Å². The fraction of sp³-hybridized carbons (Fsp3) is 0.353. The SMILES string of the molecule is CCn1cnc2c(Nc3cccc(Cl)c3)nc(N3CCNCC3)nc21. The van der Waals surface area contributed by atoms with Gasteiger partial charge in [0.15, 0.2) is 17.0 Å². The molecule has 1 fully saturated rings. The van der Waals surface area contributed by atoms with E-state index >= 15 is 0 Å². The standard InChI is InChI=1S/C17H20ClN7/c1-2-24-11-20-14-15(21-13-5-3-4-12(18)10-13)22-17(23-16(14)24)25-8-6-19-7-9-25/h3-5,10-11,19H,2,6-9H2,1H3,(H,21,22,23). The van der Waals surface area contributed by atoms with Gasteiger partial charge < -0.3 is 20.1 Å². The molecule has 4 rings (SSSR count). The van der Waals surface area contributed by atoms with Gasteiger partial charge in [-0.3, -0.25) is 0 Å². The number of imidazole rings is 1. The first-order valence-corrected chi connectivity index (χ1v) is 8.83. The number of nitrogens with zero attached hydrogens (tertiary/aromatic N) is 5. The summed E-state index contributed by atoms with van der Waals surface area (Å²) in [7, 11) is 0. The van der Waals surface area contributed by atoms with Crippen molar-refractivity contribution < 1.29 is 0 Å². The average Bonchev–Trinajstić information content (AvgIpc) is 3.06. The summed E-state index contributed by atoms with van der Waals surface area (Å²) in [5.41, 5.74) is 2.49. The normalized spacial score (nSPS) is 14.9. The predicted octanol–water partition coefficient (Wildman–Crippen LogP) is 2.65. The number of nitrogens with one attached hydrogen (secondary N) is 2. The van der Waals surface area contributed by atoms with Crippen molar-refractivity contribution >= 4 is 40.2 Å². The van der Waals surface area contributed by atoms with Crippen molar-refractivity contribution in [3.8, 4) is 0 Å². The zero-order chi connectivity index (χ0) is 17.2. The van der Waals surface area contributed by atoms with Gasteiger partial charge in [0.25, 0.3) is 0 Å². The van der Waals surface area contributed by atoms with E-state index in [0.717, 1.165) is 55.5 Å². The Hall–Kier alpha value is -2.38. The lowest BCUT2D eigenvalue weighted by Crippen LogP contribution is -2.44. The molecule has 0 atom stereocenters. The van der Waals surface area contributed by atoms with Crippen LogP contribution >= 0.6 is 11.6 Å². The number of halogens is 1. The number of aromatic nitrogens is 4. The second-order valence-corrected chi connectivity index (χ2v) is 6.38. The number of benzene rings is 1. The molecule has 3 heterocycles. The highest BCUT2D eigenvalue weighted by Gasteiger charge is 2.18. The van der Waals surface area contributed by atoms with Crippen LogP contribution < -0.4 is 15.5 Å². The summed E-state index contributed by atoms with van der Waals surface area (Å²) in [6, 6.07) is 7.59. The Morgan fingerprint density at radius 1 is 1.24 bits per heavy atom. The van der Waals surface area contributed by atoms with Crippen molar-refractivity contribution in [2.45, 2.75) is 13.5 Å². The van der Waals surface area contributed by atoms with Crippen LogP contribution in [0.3, 0.4) is 0 Å². The fourth-order valence-electron chi connectivity index (χ4n) is 2.96. The van der Waals surface area contributed by atoms with Crippen molar-refractivity contribution in [3.05, 3.63) is 35.6 Å². The molecular weight excluding hydrogens is 338 g/mol. The summed E-state index contributed by atoms with van der Waals surface area (Å²) in [6.07, 6.45) is 1.81. The Morgan fingerprint density at radius 2 is 2.08 bits per heavy atom. The molecular formula is C17H20ClN7. The number of piperazine rings is 1. The van der Waals surface area contributed by atoms with E-state index in [1.165, 1.54) is 0 Å². The monoisotopic (exact) mass is 357 g/mol. The summed E-state index contributed by atoms with van der Waals surface area (Å²) < 4.78 is 2.03. The molecule has 0 amide bonds. The molecule has 1 aliphatic heterocycles. The summed E-state index contributed by atoms with van der Waals surface area (Å²) in [6.45, 7) is 6.55. The molecule has 0 unspecified atom stereocenters. The van der Waals surface area contributed by atoms with Gasteiger partial charge >= 0.3 is 0 Å². The van der Waals surface area contributed by atoms with Crippen molar-refractivity contribution in [2.24, 2.45) is 0 Å². The Morgan fingerprint density at radius 3 is 2.84 bits per heavy atom. The summed E-state index contributed by atoms with van der Waals surface area (Å²) in [4.78, 5) is 16.2. The maximum absolute atomic E-state index is 6.10. The Bertz CT molecular complexity index is 886. The largest absolute Gasteiger partial charge is 0.338 e. The second kappa shape index (κ2) is 6.85. The molecule has 7 nitrogen and oxygen atoms in total. The lowest BCUT2D eigenvalue weighted by molar-refractivity contribution is 0.580. The summed E-state index contributed by atoms with van der Waals surface area (Å²) in [5, 5.41) is 7.38. The van der Waals surface area contributed by atoms with Gasteiger partial charge in [-0.25, -0.2) is 4.98 Å². The van der Waals surface area contributed by atoms with Crippen molar-refractivity contribution in [3.63, 3.8) is 0 Å². The first-order chi connectivity index (χ1) is 12.2. The van der Waals surface area contributed by atoms with Crippen LogP contribution in [0.5, 0.6) is 0 Å². The Labute approximate surface area is 151 Å². The first kappa shape index (κ1) is 16.1. The van der Waals surface area contributed by atoms with E-state index in [1.54, 1.807) is 0 Å². The fourth-order valence-corrected chi connectivity index (χ4v) is 3.15. The average molecular weight is 358 g/mol. The van der Waals surface area contributed by atoms with Crippen LogP contribution in [0.25, 0.3) is 11.2 Å². The topological polar surface area (TPSA) is 70.9 Å². The van der Waals surface area contributed by atoms with E-state index in [9.17, 15) is 0 Å². The van der Waals surface area contributed by atoms with E-state index < -0.39 is 0 Å². The van der Waals surface area contributed by atoms with E-state index in [2.05, 4.69) is 27.4 Å². The van der Waals surface area contributed by atoms with Crippen molar-refractivity contribution in [1.82, 2.24) is 24.8 Å². The zero-order valence-corrected chi connectivity index (χ0v) is 14.8. The number of hydrogen-bond acceptors (Lipinski definition) is 6. The number of rotatable bonds is 4. The number of aryl methyl sites for hydroxylation is 1. The van der Waals surface area contributed by atoms with E-state index in [0.29, 0.717) is 10.8 Å². The molecule has 2 aromatic heterocycles. The van der Waals surface area contributed by atoms with E-state index in [1.807, 2.05) is 35.2 Å². The highest BCUT2D eigenvalue weighted by Crippen LogP contribution is 2.26. The lowest BCUT2D eigenvalue weighted by Gasteiger charge is -2.27. The van der Waals surface area contributed by atoms with Crippen LogP contribution in [-0.2, 0) is 6.54 Å². The minimum Gasteiger partial charge on any atom is -0.338 e. The number of anilines is 3. The van der Waals surface area contributed by atoms with Gasteiger partial charge in [-0.1, -0.05) is 17.7 Å². The smallest absolute Gasteiger partial charge is 0.229 e. The van der Waals surface area contributed by atoms with E-state index in [-0.39, 0.29) is 0 Å². The molecule has 0 aliphatic carbocycles. The predicted molar refractivity (Wildman–Crippen MR) is 101 cm³/mol. The third-order valence-corrected chi connectivity index (χ3v) is 4.52. The maximum Gasteiger partial charge on any atom is 0.229 e. The van der Waals surface area contributed by atoms with Gasteiger partial charge in [0, 0.05) is 43.4 Å². The highest BCUT2D eigenvalue weighted by molar-refractivity contribution is 6.30. The highest BCUT2D eigenvalue weighted by atomic mass is 35.5. The molecule has 3 aromatic rings. The van der Waals surface area contributed by atoms with Gasteiger partial charge in [-0.05, 0) is 25.1 Å². The molecule has 0 bridgehead atoms. The number of fused-ring (bicyclic) bond motifs is 1. The minimum absolute atomic E-state index is 0.678. The summed E-state index contributed by atoms with van der Waals surface area (Å²) in [5.74, 6) is 1.43. The van der Waals surface area contributed by atoms with Gasteiger partial charge in [0.2, 0.25) is 5.95 Å². The summed E-state index contributed by atoms with van der Waals surface area (Å²) >= 11 is 6.10. The molecule has 1 saturated heterocycles. The third kappa shape index (κ3) is 3.25. The molecule has 8 heteroatoms. The Balaban J connectivity index is 1.79. The Kier molecular flexibility index (Phi) is 4.42. The number of hydrogen-bond donors (Lipinski definition) is 2. The molecule has 0 saturated carbocycles. The van der Waals surface area contributed by atoms with Gasteiger partial charge in [-0.2, -0.15) is 9.97 Å². The van der Waals surface area contributed by atoms with Crippen LogP contribution in [0, 0.1) is 0 Å². The van der Waals surface area contributed by atoms with Gasteiger partial charge in [-0.15, -0.1) is 0 Å². The van der Waals surface area contributed by atoms with Crippen LogP contribution in [-0.4, -0.2) is 45.7 Å². The molecule has 0 radical (unpaired) electrons. The van der Waals surface area contributed by atoms with Crippen LogP contribution in [0.1, 0.15) is 6.92 Å². The molecule has 1 aliphatic rings. The molecule has 25 heavy (non-hydrogen) atoms. The lowest BCUT2D eigenvalue weighted by atomic mass is 10.3. The van der Waals surface area contributed by atoms with Gasteiger partial charge in [0.05, 0.1) is 6.33 Å². The van der Waals surface area contributed by atoms with Gasteiger partial charge in [0.1, 0.15) is 0 Å². The molecule has 2 N–H and O–H groups in total. The van der Waals surface area contributed by atoms with Crippen molar-refractivity contribution in [1.29, 1.82) is 0 Å². The third-order valence-electron chi connectivity index (χ3n) is 4.28. The second-order valence-electron chi connectivity index (χ2n) is 5.95. The molecule has 130 valence electrons. The molecule has 0 spiro atoms. The quantitative estimate of drug-likeness (QED) is 0.748. The maximum atomic E-state index is 6.10. The van der Waals surface area contributed by atoms with Crippen LogP contribution in [0.15, 0.2) is 30.6 Å². The molecule has 1 aromatic carbocycles. The van der Waals surface area contributed by atoms with Crippen LogP contribution in [0.2, 0.25) is 5.02 Å². The van der Waals surface area contributed by atoms with Crippen LogP contribution in [0.4, 0.5) is 17.5 Å².